The van der Waals surface area contributed by atoms with Gasteiger partial charge in [0.1, 0.15) is 11.6 Å². The molecule has 0 spiro atoms. The van der Waals surface area contributed by atoms with Crippen LogP contribution >= 0.6 is 0 Å². The van der Waals surface area contributed by atoms with Crippen molar-refractivity contribution in [1.29, 1.82) is 0 Å². The van der Waals surface area contributed by atoms with E-state index in [2.05, 4.69) is 10.2 Å². The molecule has 1 aliphatic rings. The quantitative estimate of drug-likeness (QED) is 0.588. The Balaban J connectivity index is 1.77. The predicted octanol–water partition coefficient (Wildman–Crippen LogP) is 4.25. The molecule has 3 aromatic rings. The first kappa shape index (κ1) is 20.8. The van der Waals surface area contributed by atoms with Gasteiger partial charge in [-0.25, -0.2) is 17.6 Å². The van der Waals surface area contributed by atoms with Crippen LogP contribution in [0.15, 0.2) is 30.3 Å². The second-order valence-electron chi connectivity index (χ2n) is 7.82. The third-order valence-electron chi connectivity index (χ3n) is 4.96. The number of amides is 1. The number of nitrogens with zero attached hydrogens (tertiary/aromatic N) is 3. The number of nitrogens with two attached hydrogens (primary N) is 1. The fourth-order valence-corrected chi connectivity index (χ4v) is 3.34. The van der Waals surface area contributed by atoms with Gasteiger partial charge in [-0.2, -0.15) is 0 Å². The van der Waals surface area contributed by atoms with Crippen molar-refractivity contribution in [2.75, 3.05) is 0 Å². The van der Waals surface area contributed by atoms with Crippen LogP contribution in [0.2, 0.25) is 0 Å². The van der Waals surface area contributed by atoms with E-state index in [1.54, 1.807) is 4.57 Å². The minimum Gasteiger partial charge on any atom is -0.474 e. The molecule has 10 heteroatoms. The molecule has 1 aromatic heterocycles. The first-order valence-electron chi connectivity index (χ1n) is 9.47. The molecule has 0 atom stereocenters. The fourth-order valence-electron chi connectivity index (χ4n) is 3.34. The maximum Gasteiger partial charge on any atom is 0.248 e. The number of hydrogen-bond donors (Lipinski definition) is 1. The summed E-state index contributed by atoms with van der Waals surface area (Å²) in [4.78, 5) is 11.3. The van der Waals surface area contributed by atoms with Crippen molar-refractivity contribution < 1.29 is 27.1 Å². The molecule has 1 saturated carbocycles. The second kappa shape index (κ2) is 7.36. The van der Waals surface area contributed by atoms with Gasteiger partial charge in [0.25, 0.3) is 0 Å². The van der Waals surface area contributed by atoms with Crippen LogP contribution in [-0.4, -0.2) is 20.7 Å². The second-order valence-corrected chi connectivity index (χ2v) is 7.82. The van der Waals surface area contributed by atoms with Gasteiger partial charge in [0, 0.05) is 23.7 Å². The van der Waals surface area contributed by atoms with Gasteiger partial charge in [0.15, 0.2) is 34.6 Å². The number of aromatic nitrogens is 3. The van der Waals surface area contributed by atoms with Crippen molar-refractivity contribution in [2.24, 2.45) is 5.73 Å². The van der Waals surface area contributed by atoms with E-state index in [-0.39, 0.29) is 28.8 Å². The van der Waals surface area contributed by atoms with Gasteiger partial charge < -0.3 is 15.0 Å². The van der Waals surface area contributed by atoms with E-state index < -0.39 is 40.5 Å². The highest BCUT2D eigenvalue weighted by Gasteiger charge is 2.39. The van der Waals surface area contributed by atoms with Gasteiger partial charge in [0.2, 0.25) is 5.91 Å². The smallest absolute Gasteiger partial charge is 0.248 e. The lowest BCUT2D eigenvalue weighted by molar-refractivity contribution is 0.0821. The number of hydrogen-bond acceptors (Lipinski definition) is 4. The molecular weight excluding hydrogens is 416 g/mol. The Morgan fingerprint density at radius 1 is 1.06 bits per heavy atom. The largest absolute Gasteiger partial charge is 0.474 e. The molecular formula is C21H18F4N4O2. The Labute approximate surface area is 174 Å². The van der Waals surface area contributed by atoms with Crippen molar-refractivity contribution in [1.82, 2.24) is 14.8 Å². The minimum absolute atomic E-state index is 0.00452. The maximum atomic E-state index is 14.7. The molecule has 0 unspecified atom stereocenters. The van der Waals surface area contributed by atoms with Crippen molar-refractivity contribution in [3.05, 3.63) is 65.0 Å². The Morgan fingerprint density at radius 3 is 2.26 bits per heavy atom. The number of ether oxygens (including phenoxy) is 1. The average molecular weight is 434 g/mol. The molecule has 0 saturated heterocycles. The summed E-state index contributed by atoms with van der Waals surface area (Å²) in [5.41, 5.74) is 3.89. The standard InChI is InChI=1S/C21H18F4N4O2/c1-21(2,31-17-15(24)8-11(22)9-16(17)25)20-28-27-19(29(20)12-4-5-12)13-6-3-10(18(26)30)7-14(13)23/h3,6-9,12H,4-5H2,1-2H3,(H2,26,30). The number of benzene rings is 2. The van der Waals surface area contributed by atoms with Gasteiger partial charge in [-0.05, 0) is 44.9 Å². The first-order valence-corrected chi connectivity index (χ1v) is 9.47. The summed E-state index contributed by atoms with van der Waals surface area (Å²) in [6.45, 7) is 3.04. The Kier molecular flexibility index (Phi) is 4.95. The van der Waals surface area contributed by atoms with Crippen LogP contribution in [0.25, 0.3) is 11.4 Å². The van der Waals surface area contributed by atoms with Gasteiger partial charge in [-0.3, -0.25) is 4.79 Å². The highest BCUT2D eigenvalue weighted by Crippen LogP contribution is 2.42. The SMILES string of the molecule is CC(C)(Oc1c(F)cc(F)cc1F)c1nnc(-c2ccc(C(N)=O)cc2F)n1C1CC1. The minimum atomic E-state index is -1.39. The molecule has 0 aliphatic heterocycles. The third-order valence-corrected chi connectivity index (χ3v) is 4.96. The van der Waals surface area contributed by atoms with E-state index in [0.717, 1.165) is 18.9 Å². The highest BCUT2D eigenvalue weighted by molar-refractivity contribution is 5.93. The molecule has 2 aromatic carbocycles. The number of halogens is 4. The van der Waals surface area contributed by atoms with E-state index in [1.807, 2.05) is 0 Å². The van der Waals surface area contributed by atoms with Crippen molar-refractivity contribution in [3.8, 4) is 17.1 Å². The molecule has 2 N–H and O–H groups in total. The van der Waals surface area contributed by atoms with E-state index in [0.29, 0.717) is 12.1 Å². The zero-order chi connectivity index (χ0) is 22.5. The summed E-state index contributed by atoms with van der Waals surface area (Å²) in [7, 11) is 0. The van der Waals surface area contributed by atoms with Crippen molar-refractivity contribution in [3.63, 3.8) is 0 Å². The lowest BCUT2D eigenvalue weighted by Crippen LogP contribution is -2.30. The highest BCUT2D eigenvalue weighted by atomic mass is 19.1. The van der Waals surface area contributed by atoms with Crippen LogP contribution in [-0.2, 0) is 5.60 Å². The zero-order valence-corrected chi connectivity index (χ0v) is 16.6. The monoisotopic (exact) mass is 434 g/mol. The number of primary amides is 1. The first-order chi connectivity index (χ1) is 14.6. The molecule has 1 heterocycles. The van der Waals surface area contributed by atoms with Gasteiger partial charge in [0.05, 0.1) is 5.56 Å². The molecule has 0 bridgehead atoms. The van der Waals surface area contributed by atoms with Gasteiger partial charge in [-0.1, -0.05) is 0 Å². The van der Waals surface area contributed by atoms with Crippen LogP contribution < -0.4 is 10.5 Å². The van der Waals surface area contributed by atoms with E-state index in [4.69, 9.17) is 10.5 Å². The van der Waals surface area contributed by atoms with E-state index in [9.17, 15) is 22.4 Å². The number of carbonyl (C=O) groups is 1. The number of rotatable bonds is 6. The van der Waals surface area contributed by atoms with Crippen molar-refractivity contribution in [2.45, 2.75) is 38.3 Å². The summed E-state index contributed by atoms with van der Waals surface area (Å²) < 4.78 is 63.4. The molecule has 4 rings (SSSR count). The maximum absolute atomic E-state index is 14.7. The van der Waals surface area contributed by atoms with E-state index in [1.165, 1.54) is 26.0 Å². The van der Waals surface area contributed by atoms with Gasteiger partial charge in [-0.15, -0.1) is 10.2 Å². The molecule has 6 nitrogen and oxygen atoms in total. The Hall–Kier alpha value is -3.43. The molecule has 1 amide bonds. The van der Waals surface area contributed by atoms with Crippen molar-refractivity contribution >= 4 is 5.91 Å². The lowest BCUT2D eigenvalue weighted by Gasteiger charge is -2.27. The van der Waals surface area contributed by atoms with E-state index >= 15 is 0 Å². The zero-order valence-electron chi connectivity index (χ0n) is 16.6. The fraction of sp³-hybridized carbons (Fsp3) is 0.286. The van der Waals surface area contributed by atoms with Crippen LogP contribution in [0.5, 0.6) is 5.75 Å². The Morgan fingerprint density at radius 2 is 1.71 bits per heavy atom. The predicted molar refractivity (Wildman–Crippen MR) is 102 cm³/mol. The summed E-state index contributed by atoms with van der Waals surface area (Å²) in [5.74, 6) is -5.31. The normalized spacial score (nSPS) is 14.0. The summed E-state index contributed by atoms with van der Waals surface area (Å²) in [5, 5.41) is 8.19. The van der Waals surface area contributed by atoms with Crippen LogP contribution in [0.3, 0.4) is 0 Å². The third kappa shape index (κ3) is 3.85. The van der Waals surface area contributed by atoms with Crippen LogP contribution in [0.1, 0.15) is 48.9 Å². The molecule has 31 heavy (non-hydrogen) atoms. The Bertz CT molecular complexity index is 1170. The summed E-state index contributed by atoms with van der Waals surface area (Å²) >= 11 is 0. The average Bonchev–Trinajstić information content (AvgIpc) is 3.42. The molecule has 1 fully saturated rings. The molecule has 0 radical (unpaired) electrons. The van der Waals surface area contributed by atoms with Crippen LogP contribution in [0, 0.1) is 23.3 Å². The number of carbonyl (C=O) groups excluding carboxylic acids is 1. The van der Waals surface area contributed by atoms with Gasteiger partial charge >= 0.3 is 0 Å². The lowest BCUT2D eigenvalue weighted by atomic mass is 10.1. The summed E-state index contributed by atoms with van der Waals surface area (Å²) in [6, 6.07) is 4.73. The molecule has 1 aliphatic carbocycles. The topological polar surface area (TPSA) is 83.0 Å². The molecule has 162 valence electrons. The summed E-state index contributed by atoms with van der Waals surface area (Å²) in [6.07, 6.45) is 1.54. The van der Waals surface area contributed by atoms with Crippen LogP contribution in [0.4, 0.5) is 17.6 Å².